The SMILES string of the molecule is CC(C)OC(=O)[C@H](Cc1cnc[nH]1)NC(=O)CN(CC(=O)O)Cc1ccccc1. The molecule has 9 heteroatoms. The summed E-state index contributed by atoms with van der Waals surface area (Å²) in [5, 5.41) is 11.8. The van der Waals surface area contributed by atoms with Gasteiger partial charge in [-0.3, -0.25) is 14.5 Å². The van der Waals surface area contributed by atoms with Crippen molar-refractivity contribution in [3.05, 3.63) is 54.1 Å². The van der Waals surface area contributed by atoms with Crippen molar-refractivity contribution >= 4 is 17.8 Å². The van der Waals surface area contributed by atoms with Gasteiger partial charge in [0.1, 0.15) is 6.04 Å². The molecular weight excluding hydrogens is 376 g/mol. The van der Waals surface area contributed by atoms with E-state index in [-0.39, 0.29) is 25.6 Å². The molecule has 3 N–H and O–H groups in total. The van der Waals surface area contributed by atoms with E-state index in [1.165, 1.54) is 11.2 Å². The number of H-pyrrole nitrogens is 1. The predicted octanol–water partition coefficient (Wildman–Crippen LogP) is 0.975. The molecule has 1 atom stereocenters. The molecule has 0 aliphatic heterocycles. The minimum Gasteiger partial charge on any atom is -0.480 e. The Balaban J connectivity index is 2.04. The molecule has 0 bridgehead atoms. The fourth-order valence-corrected chi connectivity index (χ4v) is 2.77. The smallest absolute Gasteiger partial charge is 0.329 e. The summed E-state index contributed by atoms with van der Waals surface area (Å²) in [7, 11) is 0. The van der Waals surface area contributed by atoms with Crippen molar-refractivity contribution < 1.29 is 24.2 Å². The predicted molar refractivity (Wildman–Crippen MR) is 105 cm³/mol. The van der Waals surface area contributed by atoms with Crippen LogP contribution in [0.1, 0.15) is 25.1 Å². The first-order valence-corrected chi connectivity index (χ1v) is 9.28. The molecule has 9 nitrogen and oxygen atoms in total. The summed E-state index contributed by atoms with van der Waals surface area (Å²) in [5.74, 6) is -2.06. The number of carbonyl (C=O) groups excluding carboxylic acids is 2. The highest BCUT2D eigenvalue weighted by Gasteiger charge is 2.25. The highest BCUT2D eigenvalue weighted by Crippen LogP contribution is 2.06. The van der Waals surface area contributed by atoms with Gasteiger partial charge in [0.15, 0.2) is 0 Å². The van der Waals surface area contributed by atoms with Crippen LogP contribution in [0.15, 0.2) is 42.9 Å². The molecule has 2 rings (SSSR count). The van der Waals surface area contributed by atoms with E-state index in [9.17, 15) is 14.4 Å². The van der Waals surface area contributed by atoms with E-state index in [1.807, 2.05) is 30.3 Å². The molecule has 0 unspecified atom stereocenters. The van der Waals surface area contributed by atoms with E-state index < -0.39 is 23.9 Å². The summed E-state index contributed by atoms with van der Waals surface area (Å²) < 4.78 is 5.23. The molecule has 0 spiro atoms. The van der Waals surface area contributed by atoms with Crippen LogP contribution >= 0.6 is 0 Å². The lowest BCUT2D eigenvalue weighted by Gasteiger charge is -2.23. The highest BCUT2D eigenvalue weighted by atomic mass is 16.5. The van der Waals surface area contributed by atoms with Crippen molar-refractivity contribution in [2.75, 3.05) is 13.1 Å². The zero-order valence-corrected chi connectivity index (χ0v) is 16.5. The van der Waals surface area contributed by atoms with Crippen molar-refractivity contribution in [3.8, 4) is 0 Å². The summed E-state index contributed by atoms with van der Waals surface area (Å²) in [6.07, 6.45) is 2.91. The number of imidazole rings is 1. The summed E-state index contributed by atoms with van der Waals surface area (Å²) in [6, 6.07) is 8.35. The quantitative estimate of drug-likeness (QED) is 0.479. The highest BCUT2D eigenvalue weighted by molar-refractivity contribution is 5.86. The summed E-state index contributed by atoms with van der Waals surface area (Å²) >= 11 is 0. The Morgan fingerprint density at radius 3 is 2.52 bits per heavy atom. The van der Waals surface area contributed by atoms with Crippen LogP contribution < -0.4 is 5.32 Å². The monoisotopic (exact) mass is 402 g/mol. The maximum atomic E-state index is 12.6. The zero-order chi connectivity index (χ0) is 21.2. The fraction of sp³-hybridized carbons (Fsp3) is 0.400. The molecule has 29 heavy (non-hydrogen) atoms. The van der Waals surface area contributed by atoms with Crippen molar-refractivity contribution in [3.63, 3.8) is 0 Å². The van der Waals surface area contributed by atoms with Gasteiger partial charge in [0.25, 0.3) is 0 Å². The Morgan fingerprint density at radius 2 is 1.93 bits per heavy atom. The first kappa shape index (κ1) is 22.1. The van der Waals surface area contributed by atoms with Gasteiger partial charge in [-0.1, -0.05) is 30.3 Å². The molecule has 1 amide bonds. The van der Waals surface area contributed by atoms with E-state index in [0.29, 0.717) is 12.2 Å². The summed E-state index contributed by atoms with van der Waals surface area (Å²) in [5.41, 5.74) is 1.55. The van der Waals surface area contributed by atoms with E-state index in [0.717, 1.165) is 5.56 Å². The number of nitrogens with zero attached hydrogens (tertiary/aromatic N) is 2. The number of rotatable bonds is 11. The normalized spacial score (nSPS) is 12.0. The minimum atomic E-state index is -1.04. The lowest BCUT2D eigenvalue weighted by Crippen LogP contribution is -2.48. The molecule has 0 fully saturated rings. The lowest BCUT2D eigenvalue weighted by atomic mass is 10.1. The number of carbonyl (C=O) groups is 3. The Labute approximate surface area is 169 Å². The van der Waals surface area contributed by atoms with E-state index in [2.05, 4.69) is 15.3 Å². The van der Waals surface area contributed by atoms with Crippen molar-refractivity contribution in [1.82, 2.24) is 20.2 Å². The Hall–Kier alpha value is -3.20. The van der Waals surface area contributed by atoms with Crippen LogP contribution in [-0.4, -0.2) is 63.1 Å². The number of ether oxygens (including phenoxy) is 1. The third-order valence-electron chi connectivity index (χ3n) is 3.93. The molecular formula is C20H26N4O5. The van der Waals surface area contributed by atoms with Crippen molar-refractivity contribution in [1.29, 1.82) is 0 Å². The van der Waals surface area contributed by atoms with Gasteiger partial charge in [0.05, 0.1) is 25.5 Å². The Kier molecular flexibility index (Phi) is 8.35. The van der Waals surface area contributed by atoms with Crippen molar-refractivity contribution in [2.45, 2.75) is 39.0 Å². The third kappa shape index (κ3) is 8.14. The second-order valence-electron chi connectivity index (χ2n) is 6.91. The largest absolute Gasteiger partial charge is 0.480 e. The van der Waals surface area contributed by atoms with E-state index in [4.69, 9.17) is 9.84 Å². The van der Waals surface area contributed by atoms with Crippen LogP contribution in [0.2, 0.25) is 0 Å². The number of aliphatic carboxylic acids is 1. The maximum Gasteiger partial charge on any atom is 0.329 e. The van der Waals surface area contributed by atoms with Crippen molar-refractivity contribution in [2.24, 2.45) is 0 Å². The lowest BCUT2D eigenvalue weighted by molar-refractivity contribution is -0.151. The number of carboxylic acids is 1. The van der Waals surface area contributed by atoms with Crippen LogP contribution in [-0.2, 0) is 32.1 Å². The Bertz CT molecular complexity index is 792. The van der Waals surface area contributed by atoms with Crippen LogP contribution in [0.25, 0.3) is 0 Å². The standard InChI is InChI=1S/C20H26N4O5/c1-14(2)29-20(28)17(8-16-9-21-13-22-16)23-18(25)11-24(12-19(26)27)10-15-6-4-3-5-7-15/h3-7,9,13-14,17H,8,10-12H2,1-2H3,(H,21,22)(H,23,25)(H,26,27)/t17-/m0/s1. The van der Waals surface area contributed by atoms with Crippen LogP contribution in [0.5, 0.6) is 0 Å². The molecule has 0 aliphatic carbocycles. The van der Waals surface area contributed by atoms with Gasteiger partial charge in [-0.25, -0.2) is 9.78 Å². The second kappa shape index (κ2) is 11.0. The topological polar surface area (TPSA) is 125 Å². The Morgan fingerprint density at radius 1 is 1.21 bits per heavy atom. The molecule has 1 aromatic heterocycles. The van der Waals surface area contributed by atoms with E-state index >= 15 is 0 Å². The number of aromatic amines is 1. The first-order valence-electron chi connectivity index (χ1n) is 9.28. The number of carboxylic acid groups (broad SMARTS) is 1. The summed E-state index contributed by atoms with van der Waals surface area (Å²) in [6.45, 7) is 3.27. The number of esters is 1. The molecule has 0 aliphatic rings. The van der Waals surface area contributed by atoms with Gasteiger partial charge in [-0.2, -0.15) is 0 Å². The number of hydrogen-bond donors (Lipinski definition) is 3. The molecule has 1 aromatic carbocycles. The third-order valence-corrected chi connectivity index (χ3v) is 3.93. The van der Waals surface area contributed by atoms with Gasteiger partial charge in [0, 0.05) is 24.9 Å². The fourth-order valence-electron chi connectivity index (χ4n) is 2.77. The average Bonchev–Trinajstić information content (AvgIpc) is 3.14. The molecule has 0 saturated carbocycles. The first-order chi connectivity index (χ1) is 13.8. The molecule has 0 saturated heterocycles. The van der Waals surface area contributed by atoms with Crippen LogP contribution in [0.4, 0.5) is 0 Å². The van der Waals surface area contributed by atoms with Gasteiger partial charge >= 0.3 is 11.9 Å². The minimum absolute atomic E-state index is 0.171. The maximum absolute atomic E-state index is 12.6. The van der Waals surface area contributed by atoms with Crippen LogP contribution in [0.3, 0.4) is 0 Å². The van der Waals surface area contributed by atoms with Gasteiger partial charge in [-0.15, -0.1) is 0 Å². The molecule has 1 heterocycles. The number of nitrogens with one attached hydrogen (secondary N) is 2. The molecule has 156 valence electrons. The number of aromatic nitrogens is 2. The number of benzene rings is 1. The number of hydrogen-bond acceptors (Lipinski definition) is 6. The molecule has 0 radical (unpaired) electrons. The van der Waals surface area contributed by atoms with Gasteiger partial charge < -0.3 is 20.1 Å². The molecule has 2 aromatic rings. The van der Waals surface area contributed by atoms with Gasteiger partial charge in [0.2, 0.25) is 5.91 Å². The summed E-state index contributed by atoms with van der Waals surface area (Å²) in [4.78, 5) is 44.4. The zero-order valence-electron chi connectivity index (χ0n) is 16.5. The van der Waals surface area contributed by atoms with Crippen LogP contribution in [0, 0.1) is 0 Å². The average molecular weight is 402 g/mol. The number of amides is 1. The second-order valence-corrected chi connectivity index (χ2v) is 6.91. The van der Waals surface area contributed by atoms with E-state index in [1.54, 1.807) is 20.0 Å². The van der Waals surface area contributed by atoms with Gasteiger partial charge in [-0.05, 0) is 19.4 Å².